The molecule has 1 saturated heterocycles. The Labute approximate surface area is 185 Å². The van der Waals surface area contributed by atoms with Gasteiger partial charge in [0.05, 0.1) is 11.6 Å². The highest BCUT2D eigenvalue weighted by atomic mass is 16.7. The molecule has 6 heteroatoms. The van der Waals surface area contributed by atoms with Crippen LogP contribution < -0.4 is 14.4 Å². The number of anilines is 1. The third kappa shape index (κ3) is 3.12. The lowest BCUT2D eigenvalue weighted by molar-refractivity contribution is -0.132. The number of carbonyl (C=O) groups is 2. The van der Waals surface area contributed by atoms with Crippen LogP contribution in [0, 0.1) is 13.8 Å². The van der Waals surface area contributed by atoms with E-state index in [1.54, 1.807) is 18.2 Å². The van der Waals surface area contributed by atoms with Gasteiger partial charge < -0.3 is 14.6 Å². The molecular formula is C26H21NO5. The molecular weight excluding hydrogens is 406 g/mol. The highest BCUT2D eigenvalue weighted by Gasteiger charge is 2.47. The van der Waals surface area contributed by atoms with E-state index in [-0.39, 0.29) is 18.1 Å². The van der Waals surface area contributed by atoms with Crippen molar-refractivity contribution in [1.82, 2.24) is 0 Å². The van der Waals surface area contributed by atoms with Gasteiger partial charge in [-0.3, -0.25) is 14.5 Å². The molecule has 5 rings (SSSR count). The molecule has 6 nitrogen and oxygen atoms in total. The van der Waals surface area contributed by atoms with E-state index in [0.717, 1.165) is 16.7 Å². The van der Waals surface area contributed by atoms with E-state index in [9.17, 15) is 14.7 Å². The Morgan fingerprint density at radius 3 is 2.41 bits per heavy atom. The van der Waals surface area contributed by atoms with Crippen molar-refractivity contribution in [3.8, 4) is 11.5 Å². The third-order valence-electron chi connectivity index (χ3n) is 5.89. The monoisotopic (exact) mass is 427 g/mol. The van der Waals surface area contributed by atoms with Crippen LogP contribution in [0.3, 0.4) is 0 Å². The van der Waals surface area contributed by atoms with Gasteiger partial charge in [0.15, 0.2) is 11.5 Å². The summed E-state index contributed by atoms with van der Waals surface area (Å²) in [5.74, 6) is -0.603. The number of carbonyl (C=O) groups excluding carboxylic acids is 2. The molecule has 0 spiro atoms. The molecule has 0 bridgehead atoms. The minimum atomic E-state index is -0.760. The minimum absolute atomic E-state index is 0.0451. The summed E-state index contributed by atoms with van der Waals surface area (Å²) in [6, 6.07) is 19.1. The van der Waals surface area contributed by atoms with E-state index in [0.29, 0.717) is 22.7 Å². The van der Waals surface area contributed by atoms with E-state index in [4.69, 9.17) is 9.47 Å². The smallest absolute Gasteiger partial charge is 0.300 e. The normalized spacial score (nSPS) is 18.9. The van der Waals surface area contributed by atoms with Crippen molar-refractivity contribution in [2.75, 3.05) is 11.7 Å². The molecule has 1 unspecified atom stereocenters. The lowest BCUT2D eigenvalue weighted by atomic mass is 9.92. The quantitative estimate of drug-likeness (QED) is 0.374. The molecule has 0 saturated carbocycles. The number of hydrogen-bond acceptors (Lipinski definition) is 5. The number of aryl methyl sites for hydroxylation is 2. The van der Waals surface area contributed by atoms with E-state index in [1.165, 1.54) is 4.90 Å². The Hall–Kier alpha value is -4.06. The summed E-state index contributed by atoms with van der Waals surface area (Å²) in [5, 5.41) is 11.3. The summed E-state index contributed by atoms with van der Waals surface area (Å²) in [6.07, 6.45) is 0. The Morgan fingerprint density at radius 1 is 0.938 bits per heavy atom. The number of hydrogen-bond donors (Lipinski definition) is 1. The predicted octanol–water partition coefficient (Wildman–Crippen LogP) is 4.66. The van der Waals surface area contributed by atoms with Crippen LogP contribution >= 0.6 is 0 Å². The molecule has 3 aromatic carbocycles. The van der Waals surface area contributed by atoms with Crippen LogP contribution in [0.1, 0.15) is 28.3 Å². The van der Waals surface area contributed by atoms with Crippen molar-refractivity contribution in [1.29, 1.82) is 0 Å². The molecule has 1 amide bonds. The highest BCUT2D eigenvalue weighted by Crippen LogP contribution is 2.44. The number of amides is 1. The van der Waals surface area contributed by atoms with Crippen molar-refractivity contribution in [2.24, 2.45) is 0 Å². The Balaban J connectivity index is 1.72. The first-order valence-corrected chi connectivity index (χ1v) is 10.3. The summed E-state index contributed by atoms with van der Waals surface area (Å²) in [4.78, 5) is 27.9. The fourth-order valence-electron chi connectivity index (χ4n) is 4.19. The number of rotatable bonds is 3. The number of fused-ring (bicyclic) bond motifs is 1. The zero-order chi connectivity index (χ0) is 22.4. The fourth-order valence-corrected chi connectivity index (χ4v) is 4.19. The molecule has 0 aromatic heterocycles. The molecule has 1 fully saturated rings. The van der Waals surface area contributed by atoms with Gasteiger partial charge in [-0.05, 0) is 55.3 Å². The lowest BCUT2D eigenvalue weighted by Crippen LogP contribution is -2.29. The minimum Gasteiger partial charge on any atom is -0.507 e. The van der Waals surface area contributed by atoms with Gasteiger partial charge in [-0.25, -0.2) is 0 Å². The third-order valence-corrected chi connectivity index (χ3v) is 5.89. The van der Waals surface area contributed by atoms with Crippen LogP contribution in [-0.2, 0) is 9.59 Å². The average Bonchev–Trinajstić information content (AvgIpc) is 3.36. The van der Waals surface area contributed by atoms with Crippen LogP contribution in [0.2, 0.25) is 0 Å². The van der Waals surface area contributed by atoms with Crippen LogP contribution in [0.5, 0.6) is 11.5 Å². The van der Waals surface area contributed by atoms with Gasteiger partial charge in [0.25, 0.3) is 11.7 Å². The molecule has 3 aromatic rings. The van der Waals surface area contributed by atoms with Crippen molar-refractivity contribution in [3.63, 3.8) is 0 Å². The van der Waals surface area contributed by atoms with E-state index in [1.807, 2.05) is 62.4 Å². The number of aliphatic hydroxyl groups is 1. The summed E-state index contributed by atoms with van der Waals surface area (Å²) in [7, 11) is 0. The number of aliphatic hydroxyl groups excluding tert-OH is 1. The van der Waals surface area contributed by atoms with Crippen molar-refractivity contribution in [2.45, 2.75) is 19.9 Å². The summed E-state index contributed by atoms with van der Waals surface area (Å²) < 4.78 is 10.8. The Morgan fingerprint density at radius 2 is 1.66 bits per heavy atom. The first-order valence-electron chi connectivity index (χ1n) is 10.3. The molecule has 2 aliphatic rings. The van der Waals surface area contributed by atoms with Crippen molar-refractivity contribution >= 4 is 23.1 Å². The van der Waals surface area contributed by atoms with Gasteiger partial charge in [0, 0.05) is 11.3 Å². The molecule has 160 valence electrons. The zero-order valence-electron chi connectivity index (χ0n) is 17.7. The Bertz CT molecular complexity index is 1280. The van der Waals surface area contributed by atoms with E-state index >= 15 is 0 Å². The first kappa shape index (κ1) is 19.9. The summed E-state index contributed by atoms with van der Waals surface area (Å²) in [5.41, 5.74) is 3.75. The molecule has 0 radical (unpaired) electrons. The second-order valence-corrected chi connectivity index (χ2v) is 7.93. The van der Waals surface area contributed by atoms with Gasteiger partial charge >= 0.3 is 0 Å². The topological polar surface area (TPSA) is 76.1 Å². The number of benzene rings is 3. The van der Waals surface area contributed by atoms with Crippen LogP contribution in [0.15, 0.2) is 72.3 Å². The van der Waals surface area contributed by atoms with Crippen molar-refractivity contribution in [3.05, 3.63) is 94.6 Å². The molecule has 2 aliphatic heterocycles. The SMILES string of the molecule is Cc1ccc(N2C(=O)C(=O)/C(=C(/O)c3ccc4c(c3)OCO4)C2c2ccccc2C)cc1. The number of Topliss-reactive ketones (excluding diaryl/α,β-unsaturated/α-hetero) is 1. The Kier molecular flexibility index (Phi) is 4.70. The number of ketones is 1. The van der Waals surface area contributed by atoms with Gasteiger partial charge in [-0.2, -0.15) is 0 Å². The van der Waals surface area contributed by atoms with Crippen molar-refractivity contribution < 1.29 is 24.2 Å². The fraction of sp³-hybridized carbons (Fsp3) is 0.154. The summed E-state index contributed by atoms with van der Waals surface area (Å²) in [6.45, 7) is 3.97. The second-order valence-electron chi connectivity index (χ2n) is 7.93. The van der Waals surface area contributed by atoms with Crippen LogP contribution in [0.4, 0.5) is 5.69 Å². The van der Waals surface area contributed by atoms with Gasteiger partial charge in [0.1, 0.15) is 5.76 Å². The summed E-state index contributed by atoms with van der Waals surface area (Å²) >= 11 is 0. The molecule has 0 aliphatic carbocycles. The van der Waals surface area contributed by atoms with Gasteiger partial charge in [-0.15, -0.1) is 0 Å². The van der Waals surface area contributed by atoms with Crippen LogP contribution in [-0.4, -0.2) is 23.6 Å². The van der Waals surface area contributed by atoms with Gasteiger partial charge in [0.2, 0.25) is 6.79 Å². The van der Waals surface area contributed by atoms with E-state index < -0.39 is 17.7 Å². The molecule has 2 heterocycles. The van der Waals surface area contributed by atoms with Crippen LogP contribution in [0.25, 0.3) is 5.76 Å². The first-order chi connectivity index (χ1) is 15.5. The zero-order valence-corrected chi connectivity index (χ0v) is 17.7. The number of ether oxygens (including phenoxy) is 2. The predicted molar refractivity (Wildman–Crippen MR) is 120 cm³/mol. The largest absolute Gasteiger partial charge is 0.507 e. The standard InChI is InChI=1S/C26H21NO5/c1-15-7-10-18(11-8-15)27-23(19-6-4-3-5-16(19)2)22(25(29)26(27)30)24(28)17-9-12-20-21(13-17)32-14-31-20/h3-13,23,28H,14H2,1-2H3/b24-22+. The second kappa shape index (κ2) is 7.57. The highest BCUT2D eigenvalue weighted by molar-refractivity contribution is 6.51. The molecule has 32 heavy (non-hydrogen) atoms. The average molecular weight is 427 g/mol. The number of nitrogens with zero attached hydrogens (tertiary/aromatic N) is 1. The van der Waals surface area contributed by atoms with Gasteiger partial charge in [-0.1, -0.05) is 42.0 Å². The maximum Gasteiger partial charge on any atom is 0.300 e. The van der Waals surface area contributed by atoms with E-state index in [2.05, 4.69) is 0 Å². The maximum absolute atomic E-state index is 13.2. The maximum atomic E-state index is 13.2. The molecule has 1 atom stereocenters. The lowest BCUT2D eigenvalue weighted by Gasteiger charge is -2.26. The molecule has 1 N–H and O–H groups in total.